The van der Waals surface area contributed by atoms with E-state index in [0.29, 0.717) is 13.0 Å². The number of hydrogen-bond donors (Lipinski definition) is 0. The first-order chi connectivity index (χ1) is 6.83. The van der Waals surface area contributed by atoms with Crippen LogP contribution in [-0.4, -0.2) is 27.3 Å². The Hall–Kier alpha value is -1.39. The van der Waals surface area contributed by atoms with Gasteiger partial charge in [0.15, 0.2) is 0 Å². The third-order valence-electron chi connectivity index (χ3n) is 1.82. The van der Waals surface area contributed by atoms with E-state index in [4.69, 9.17) is 4.74 Å². The lowest BCUT2D eigenvalue weighted by Gasteiger charge is -2.01. The van der Waals surface area contributed by atoms with Crippen LogP contribution in [-0.2, 0) is 16.1 Å². The number of carbonyl (C=O) groups excluding carboxylic acids is 1. The van der Waals surface area contributed by atoms with Crippen LogP contribution in [0, 0.1) is 0 Å². The van der Waals surface area contributed by atoms with Gasteiger partial charge in [-0.25, -0.2) is 0 Å². The summed E-state index contributed by atoms with van der Waals surface area (Å²) in [6.07, 6.45) is 5.62. The SMILES string of the molecule is CCOC(=O)CCCCn1cnnc1. The Morgan fingerprint density at radius 1 is 1.36 bits per heavy atom. The average molecular weight is 197 g/mol. The summed E-state index contributed by atoms with van der Waals surface area (Å²) in [5, 5.41) is 7.37. The molecule has 0 aliphatic heterocycles. The quantitative estimate of drug-likeness (QED) is 0.504. The van der Waals surface area contributed by atoms with Crippen molar-refractivity contribution in [2.75, 3.05) is 6.61 Å². The Morgan fingerprint density at radius 2 is 2.07 bits per heavy atom. The lowest BCUT2D eigenvalue weighted by atomic mass is 10.2. The van der Waals surface area contributed by atoms with Gasteiger partial charge in [0.05, 0.1) is 6.61 Å². The lowest BCUT2D eigenvalue weighted by molar-refractivity contribution is -0.143. The summed E-state index contributed by atoms with van der Waals surface area (Å²) in [5.41, 5.74) is 0. The van der Waals surface area contributed by atoms with E-state index < -0.39 is 0 Å². The maximum Gasteiger partial charge on any atom is 0.305 e. The van der Waals surface area contributed by atoms with Gasteiger partial charge in [-0.1, -0.05) is 0 Å². The number of nitrogens with zero attached hydrogens (tertiary/aromatic N) is 3. The molecule has 0 aliphatic carbocycles. The Kier molecular flexibility index (Phi) is 4.68. The fraction of sp³-hybridized carbons (Fsp3) is 0.667. The van der Waals surface area contributed by atoms with E-state index >= 15 is 0 Å². The molecule has 5 heteroatoms. The molecule has 14 heavy (non-hydrogen) atoms. The number of aromatic nitrogens is 3. The Labute approximate surface area is 83.1 Å². The number of unbranched alkanes of at least 4 members (excludes halogenated alkanes) is 1. The molecule has 0 saturated carbocycles. The highest BCUT2D eigenvalue weighted by molar-refractivity contribution is 5.69. The molecule has 5 nitrogen and oxygen atoms in total. The molecular weight excluding hydrogens is 182 g/mol. The molecule has 0 atom stereocenters. The highest BCUT2D eigenvalue weighted by atomic mass is 16.5. The second-order valence-corrected chi connectivity index (χ2v) is 2.96. The van der Waals surface area contributed by atoms with Gasteiger partial charge in [0.1, 0.15) is 12.7 Å². The minimum atomic E-state index is -0.115. The monoisotopic (exact) mass is 197 g/mol. The minimum Gasteiger partial charge on any atom is -0.466 e. The van der Waals surface area contributed by atoms with Crippen molar-refractivity contribution in [1.82, 2.24) is 14.8 Å². The topological polar surface area (TPSA) is 57.0 Å². The molecule has 0 radical (unpaired) electrons. The summed E-state index contributed by atoms with van der Waals surface area (Å²) in [5.74, 6) is -0.115. The molecule has 78 valence electrons. The predicted octanol–water partition coefficient (Wildman–Crippen LogP) is 1.01. The van der Waals surface area contributed by atoms with Crippen LogP contribution in [0.3, 0.4) is 0 Å². The van der Waals surface area contributed by atoms with Gasteiger partial charge in [-0.05, 0) is 19.8 Å². The van der Waals surface area contributed by atoms with E-state index in [0.717, 1.165) is 19.4 Å². The van der Waals surface area contributed by atoms with E-state index in [9.17, 15) is 4.79 Å². The van der Waals surface area contributed by atoms with Crippen LogP contribution in [0.2, 0.25) is 0 Å². The average Bonchev–Trinajstić information content (AvgIpc) is 2.65. The number of rotatable bonds is 6. The number of ether oxygens (including phenoxy) is 1. The van der Waals surface area contributed by atoms with E-state index in [1.54, 1.807) is 12.7 Å². The molecule has 1 aromatic rings. The van der Waals surface area contributed by atoms with Crippen molar-refractivity contribution in [1.29, 1.82) is 0 Å². The summed E-state index contributed by atoms with van der Waals surface area (Å²) in [7, 11) is 0. The highest BCUT2D eigenvalue weighted by Gasteiger charge is 2.00. The molecule has 0 fully saturated rings. The van der Waals surface area contributed by atoms with Crippen molar-refractivity contribution < 1.29 is 9.53 Å². The van der Waals surface area contributed by atoms with Gasteiger partial charge in [-0.2, -0.15) is 0 Å². The van der Waals surface area contributed by atoms with Crippen LogP contribution in [0.1, 0.15) is 26.2 Å². The van der Waals surface area contributed by atoms with Gasteiger partial charge in [0.2, 0.25) is 0 Å². The third-order valence-corrected chi connectivity index (χ3v) is 1.82. The second kappa shape index (κ2) is 6.12. The molecule has 1 heterocycles. The molecule has 1 aromatic heterocycles. The van der Waals surface area contributed by atoms with E-state index in [2.05, 4.69) is 10.2 Å². The van der Waals surface area contributed by atoms with Crippen LogP contribution in [0.25, 0.3) is 0 Å². The Balaban J connectivity index is 2.02. The van der Waals surface area contributed by atoms with Crippen molar-refractivity contribution in [3.8, 4) is 0 Å². The van der Waals surface area contributed by atoms with Crippen LogP contribution in [0.5, 0.6) is 0 Å². The molecular formula is C9H15N3O2. The Morgan fingerprint density at radius 3 is 2.71 bits per heavy atom. The van der Waals surface area contributed by atoms with Gasteiger partial charge in [-0.15, -0.1) is 10.2 Å². The summed E-state index contributed by atoms with van der Waals surface area (Å²) < 4.78 is 6.70. The summed E-state index contributed by atoms with van der Waals surface area (Å²) in [4.78, 5) is 11.0. The van der Waals surface area contributed by atoms with Crippen LogP contribution < -0.4 is 0 Å². The zero-order chi connectivity index (χ0) is 10.2. The number of esters is 1. The van der Waals surface area contributed by atoms with E-state index in [-0.39, 0.29) is 5.97 Å². The molecule has 0 saturated heterocycles. The Bertz CT molecular complexity index is 259. The molecule has 0 amide bonds. The number of hydrogen-bond acceptors (Lipinski definition) is 4. The van der Waals surface area contributed by atoms with Crippen LogP contribution >= 0.6 is 0 Å². The highest BCUT2D eigenvalue weighted by Crippen LogP contribution is 1.99. The zero-order valence-electron chi connectivity index (χ0n) is 8.35. The van der Waals surface area contributed by atoms with Gasteiger partial charge < -0.3 is 9.30 Å². The van der Waals surface area contributed by atoms with Crippen molar-refractivity contribution >= 4 is 5.97 Å². The summed E-state index contributed by atoms with van der Waals surface area (Å²) in [6.45, 7) is 3.13. The van der Waals surface area contributed by atoms with Gasteiger partial charge >= 0.3 is 5.97 Å². The van der Waals surface area contributed by atoms with Crippen molar-refractivity contribution in [2.24, 2.45) is 0 Å². The fourth-order valence-corrected chi connectivity index (χ4v) is 1.13. The zero-order valence-corrected chi connectivity index (χ0v) is 8.35. The van der Waals surface area contributed by atoms with Gasteiger partial charge in [0.25, 0.3) is 0 Å². The van der Waals surface area contributed by atoms with Gasteiger partial charge in [-0.3, -0.25) is 4.79 Å². The standard InChI is InChI=1S/C9H15N3O2/c1-2-14-9(13)5-3-4-6-12-7-10-11-8-12/h7-8H,2-6H2,1H3. The van der Waals surface area contributed by atoms with Gasteiger partial charge in [0, 0.05) is 13.0 Å². The van der Waals surface area contributed by atoms with E-state index in [1.807, 2.05) is 11.5 Å². The largest absolute Gasteiger partial charge is 0.466 e. The molecule has 0 aliphatic rings. The van der Waals surface area contributed by atoms with Crippen LogP contribution in [0.4, 0.5) is 0 Å². The second-order valence-electron chi connectivity index (χ2n) is 2.96. The molecule has 1 rings (SSSR count). The molecule has 0 spiro atoms. The van der Waals surface area contributed by atoms with Crippen molar-refractivity contribution in [3.63, 3.8) is 0 Å². The maximum absolute atomic E-state index is 11.0. The van der Waals surface area contributed by atoms with Crippen LogP contribution in [0.15, 0.2) is 12.7 Å². The first-order valence-electron chi connectivity index (χ1n) is 4.81. The number of carbonyl (C=O) groups is 1. The lowest BCUT2D eigenvalue weighted by Crippen LogP contribution is -2.04. The normalized spacial score (nSPS) is 10.1. The molecule has 0 aromatic carbocycles. The fourth-order valence-electron chi connectivity index (χ4n) is 1.13. The number of aryl methyl sites for hydroxylation is 1. The molecule has 0 N–H and O–H groups in total. The minimum absolute atomic E-state index is 0.115. The first-order valence-corrected chi connectivity index (χ1v) is 4.81. The smallest absolute Gasteiger partial charge is 0.305 e. The van der Waals surface area contributed by atoms with Crippen molar-refractivity contribution in [3.05, 3.63) is 12.7 Å². The van der Waals surface area contributed by atoms with E-state index in [1.165, 1.54) is 0 Å². The first kappa shape index (κ1) is 10.7. The summed E-state index contributed by atoms with van der Waals surface area (Å²) in [6, 6.07) is 0. The molecule has 0 unspecified atom stereocenters. The third kappa shape index (κ3) is 4.02. The summed E-state index contributed by atoms with van der Waals surface area (Å²) >= 11 is 0. The predicted molar refractivity (Wildman–Crippen MR) is 50.5 cm³/mol. The maximum atomic E-state index is 11.0. The molecule has 0 bridgehead atoms. The van der Waals surface area contributed by atoms with Crippen molar-refractivity contribution in [2.45, 2.75) is 32.7 Å².